The first-order valence-corrected chi connectivity index (χ1v) is 6.89. The Hall–Kier alpha value is -2.39. The average Bonchev–Trinajstić information content (AvgIpc) is 2.87. The Morgan fingerprint density at radius 2 is 2.00 bits per heavy atom. The number of rotatable bonds is 4. The summed E-state index contributed by atoms with van der Waals surface area (Å²) in [5.41, 5.74) is 0.387. The maximum absolute atomic E-state index is 11.8. The summed E-state index contributed by atoms with van der Waals surface area (Å²) >= 11 is 0. The van der Waals surface area contributed by atoms with E-state index in [2.05, 4.69) is 10.5 Å². The summed E-state index contributed by atoms with van der Waals surface area (Å²) < 4.78 is 31.7. The maximum Gasteiger partial charge on any atom is 0.294 e. The molecule has 2 aromatic rings. The van der Waals surface area contributed by atoms with Gasteiger partial charge in [0.2, 0.25) is 15.8 Å². The molecule has 1 amide bonds. The zero-order chi connectivity index (χ0) is 14.8. The number of aromatic nitrogens is 1. The fourth-order valence-electron chi connectivity index (χ4n) is 1.38. The Morgan fingerprint density at radius 3 is 2.50 bits per heavy atom. The van der Waals surface area contributed by atoms with Gasteiger partial charge in [0.1, 0.15) is 0 Å². The third-order valence-electron chi connectivity index (χ3n) is 2.36. The standard InChI is InChI=1S/C11H11N3O5S/c1-18-10-6-9(19-14-10)11(15)13-7-2-4-8(5-3-7)20(12,16)17/h2-6H,1H3,(H,13,15)(H2,12,16,17). The minimum atomic E-state index is -3.76. The topological polar surface area (TPSA) is 125 Å². The number of amides is 1. The van der Waals surface area contributed by atoms with Crippen LogP contribution in [0.4, 0.5) is 5.69 Å². The molecule has 8 nitrogen and oxygen atoms in total. The van der Waals surface area contributed by atoms with Crippen molar-refractivity contribution < 1.29 is 22.5 Å². The number of hydrogen-bond acceptors (Lipinski definition) is 6. The Kier molecular flexibility index (Phi) is 3.72. The van der Waals surface area contributed by atoms with E-state index in [9.17, 15) is 13.2 Å². The van der Waals surface area contributed by atoms with Gasteiger partial charge in [0.25, 0.3) is 11.8 Å². The van der Waals surface area contributed by atoms with Crippen LogP contribution in [0.3, 0.4) is 0 Å². The van der Waals surface area contributed by atoms with Crippen molar-refractivity contribution in [2.75, 3.05) is 12.4 Å². The van der Waals surface area contributed by atoms with Gasteiger partial charge in [-0.3, -0.25) is 4.79 Å². The van der Waals surface area contributed by atoms with Crippen LogP contribution in [0.1, 0.15) is 10.6 Å². The van der Waals surface area contributed by atoms with Crippen molar-refractivity contribution in [3.05, 3.63) is 36.1 Å². The second-order valence-corrected chi connectivity index (χ2v) is 5.32. The van der Waals surface area contributed by atoms with E-state index in [0.717, 1.165) is 0 Å². The summed E-state index contributed by atoms with van der Waals surface area (Å²) in [6.07, 6.45) is 0. The van der Waals surface area contributed by atoms with Crippen molar-refractivity contribution in [2.24, 2.45) is 5.14 Å². The zero-order valence-corrected chi connectivity index (χ0v) is 11.2. The second kappa shape index (κ2) is 5.31. The van der Waals surface area contributed by atoms with Gasteiger partial charge in [-0.1, -0.05) is 0 Å². The molecule has 0 aliphatic rings. The van der Waals surface area contributed by atoms with Gasteiger partial charge in [-0.05, 0) is 29.4 Å². The summed E-state index contributed by atoms with van der Waals surface area (Å²) in [4.78, 5) is 11.7. The second-order valence-electron chi connectivity index (χ2n) is 3.76. The van der Waals surface area contributed by atoms with Gasteiger partial charge in [0, 0.05) is 5.69 Å². The van der Waals surface area contributed by atoms with Gasteiger partial charge in [0.15, 0.2) is 0 Å². The lowest BCUT2D eigenvalue weighted by molar-refractivity contribution is 0.0987. The van der Waals surface area contributed by atoms with Crippen molar-refractivity contribution in [1.82, 2.24) is 5.16 Å². The van der Waals surface area contributed by atoms with Crippen molar-refractivity contribution in [3.63, 3.8) is 0 Å². The normalized spacial score (nSPS) is 11.1. The highest BCUT2D eigenvalue weighted by molar-refractivity contribution is 7.89. The lowest BCUT2D eigenvalue weighted by atomic mass is 10.3. The van der Waals surface area contributed by atoms with E-state index >= 15 is 0 Å². The molecule has 0 aliphatic heterocycles. The molecule has 9 heteroatoms. The third kappa shape index (κ3) is 3.13. The number of nitrogens with one attached hydrogen (secondary N) is 1. The Bertz CT molecular complexity index is 721. The molecule has 0 saturated carbocycles. The van der Waals surface area contributed by atoms with Crippen LogP contribution in [0.15, 0.2) is 39.8 Å². The van der Waals surface area contributed by atoms with Crippen LogP contribution in [0.25, 0.3) is 0 Å². The summed E-state index contributed by atoms with van der Waals surface area (Å²) in [6.45, 7) is 0. The van der Waals surface area contributed by atoms with E-state index in [1.807, 2.05) is 0 Å². The molecule has 0 radical (unpaired) electrons. The summed E-state index contributed by atoms with van der Waals surface area (Å²) in [5.74, 6) is -0.388. The molecule has 0 bridgehead atoms. The molecule has 2 rings (SSSR count). The number of carbonyl (C=O) groups excluding carboxylic acids is 1. The van der Waals surface area contributed by atoms with E-state index in [0.29, 0.717) is 5.69 Å². The van der Waals surface area contributed by atoms with Gasteiger partial charge < -0.3 is 14.6 Å². The van der Waals surface area contributed by atoms with Crippen LogP contribution >= 0.6 is 0 Å². The third-order valence-corrected chi connectivity index (χ3v) is 3.29. The minimum Gasteiger partial charge on any atom is -0.479 e. The molecule has 20 heavy (non-hydrogen) atoms. The van der Waals surface area contributed by atoms with Crippen molar-refractivity contribution in [2.45, 2.75) is 4.90 Å². The number of methoxy groups -OCH3 is 1. The average molecular weight is 297 g/mol. The predicted octanol–water partition coefficient (Wildman–Crippen LogP) is 0.583. The Balaban J connectivity index is 2.12. The van der Waals surface area contributed by atoms with Crippen LogP contribution in [0.5, 0.6) is 5.88 Å². The molecule has 1 heterocycles. The molecule has 0 saturated heterocycles. The van der Waals surface area contributed by atoms with Gasteiger partial charge in [0.05, 0.1) is 18.1 Å². The molecular formula is C11H11N3O5S. The summed E-state index contributed by atoms with van der Waals surface area (Å²) in [5, 5.41) is 11.0. The Morgan fingerprint density at radius 1 is 1.35 bits per heavy atom. The SMILES string of the molecule is COc1cc(C(=O)Nc2ccc(S(N)(=O)=O)cc2)on1. The largest absolute Gasteiger partial charge is 0.479 e. The van der Waals surface area contributed by atoms with Gasteiger partial charge in [-0.15, -0.1) is 0 Å². The number of nitrogens with zero attached hydrogens (tertiary/aromatic N) is 1. The number of sulfonamides is 1. The molecule has 1 aromatic carbocycles. The molecule has 0 atom stereocenters. The van der Waals surface area contributed by atoms with Crippen LogP contribution in [-0.2, 0) is 10.0 Å². The van der Waals surface area contributed by atoms with Gasteiger partial charge in [-0.2, -0.15) is 0 Å². The van der Waals surface area contributed by atoms with Gasteiger partial charge in [-0.25, -0.2) is 13.6 Å². The molecule has 106 valence electrons. The Labute approximate surface area is 114 Å². The van der Waals surface area contributed by atoms with E-state index in [-0.39, 0.29) is 16.5 Å². The van der Waals surface area contributed by atoms with E-state index in [1.165, 1.54) is 37.4 Å². The van der Waals surface area contributed by atoms with Crippen LogP contribution < -0.4 is 15.2 Å². The summed E-state index contributed by atoms with van der Waals surface area (Å²) in [6, 6.07) is 6.71. The van der Waals surface area contributed by atoms with E-state index in [4.69, 9.17) is 14.4 Å². The van der Waals surface area contributed by atoms with Gasteiger partial charge >= 0.3 is 0 Å². The fraction of sp³-hybridized carbons (Fsp3) is 0.0909. The number of ether oxygens (including phenoxy) is 1. The highest BCUT2D eigenvalue weighted by Gasteiger charge is 2.14. The van der Waals surface area contributed by atoms with Crippen LogP contribution in [-0.4, -0.2) is 26.6 Å². The molecular weight excluding hydrogens is 286 g/mol. The fourth-order valence-corrected chi connectivity index (χ4v) is 1.90. The molecule has 0 unspecified atom stereocenters. The van der Waals surface area contributed by atoms with Crippen LogP contribution in [0.2, 0.25) is 0 Å². The number of carbonyl (C=O) groups is 1. The van der Waals surface area contributed by atoms with E-state index < -0.39 is 15.9 Å². The van der Waals surface area contributed by atoms with Crippen molar-refractivity contribution in [3.8, 4) is 5.88 Å². The van der Waals surface area contributed by atoms with Crippen molar-refractivity contribution in [1.29, 1.82) is 0 Å². The number of primary sulfonamides is 1. The highest BCUT2D eigenvalue weighted by Crippen LogP contribution is 2.15. The lowest BCUT2D eigenvalue weighted by Gasteiger charge is -2.03. The molecule has 0 spiro atoms. The number of anilines is 1. The first-order chi connectivity index (χ1) is 9.40. The monoisotopic (exact) mass is 297 g/mol. The molecule has 3 N–H and O–H groups in total. The van der Waals surface area contributed by atoms with Crippen LogP contribution in [0, 0.1) is 0 Å². The number of benzene rings is 1. The predicted molar refractivity (Wildman–Crippen MR) is 68.8 cm³/mol. The highest BCUT2D eigenvalue weighted by atomic mass is 32.2. The quantitative estimate of drug-likeness (QED) is 0.850. The maximum atomic E-state index is 11.8. The number of nitrogens with two attached hydrogens (primary N) is 1. The number of hydrogen-bond donors (Lipinski definition) is 2. The molecule has 0 fully saturated rings. The first kappa shape index (κ1) is 14.0. The molecule has 0 aliphatic carbocycles. The lowest BCUT2D eigenvalue weighted by Crippen LogP contribution is -2.13. The molecule has 1 aromatic heterocycles. The smallest absolute Gasteiger partial charge is 0.294 e. The zero-order valence-electron chi connectivity index (χ0n) is 10.4. The van der Waals surface area contributed by atoms with E-state index in [1.54, 1.807) is 0 Å². The van der Waals surface area contributed by atoms with Crippen molar-refractivity contribution >= 4 is 21.6 Å². The minimum absolute atomic E-state index is 0.0302. The summed E-state index contributed by atoms with van der Waals surface area (Å²) in [7, 11) is -2.36. The first-order valence-electron chi connectivity index (χ1n) is 5.35.